The molecule has 1 saturated heterocycles. The smallest absolute Gasteiger partial charge is 0.410 e. The molecule has 13 nitrogen and oxygen atoms in total. The van der Waals surface area contributed by atoms with E-state index in [2.05, 4.69) is 15.4 Å². The molecule has 2 aromatic carbocycles. The lowest BCUT2D eigenvalue weighted by Crippen LogP contribution is -2.48. The topological polar surface area (TPSA) is 180 Å². The van der Waals surface area contributed by atoms with E-state index in [0.717, 1.165) is 5.56 Å². The highest BCUT2D eigenvalue weighted by molar-refractivity contribution is 7.89. The minimum atomic E-state index is -4.10. The van der Waals surface area contributed by atoms with Gasteiger partial charge in [-0.05, 0) is 30.5 Å². The minimum Gasteiger partial charge on any atom is -0.480 e. The molecule has 1 aliphatic heterocycles. The highest BCUT2D eigenvalue weighted by Crippen LogP contribution is 2.15. The van der Waals surface area contributed by atoms with Crippen LogP contribution in [0.3, 0.4) is 0 Å². The Kier molecular flexibility index (Phi) is 12.1. The second-order valence-electron chi connectivity index (χ2n) is 9.27. The average Bonchev–Trinajstić information content (AvgIpc) is 2.98. The highest BCUT2D eigenvalue weighted by atomic mass is 32.2. The number of nitrogens with one attached hydrogen (secondary N) is 3. The third-order valence-electron chi connectivity index (χ3n) is 6.18. The van der Waals surface area contributed by atoms with E-state index in [1.165, 1.54) is 24.3 Å². The van der Waals surface area contributed by atoms with Crippen molar-refractivity contribution in [2.24, 2.45) is 0 Å². The maximum atomic E-state index is 12.4. The first-order chi connectivity index (χ1) is 19.6. The zero-order chi connectivity index (χ0) is 29.7. The van der Waals surface area contributed by atoms with Crippen LogP contribution < -0.4 is 15.4 Å². The Labute approximate surface area is 238 Å². The van der Waals surface area contributed by atoms with Gasteiger partial charge in [0.2, 0.25) is 21.8 Å². The molecule has 1 unspecified atom stereocenters. The number of carbonyl (C=O) groups is 4. The summed E-state index contributed by atoms with van der Waals surface area (Å²) in [6.07, 6.45) is 0.359. The SMILES string of the molecule is O=C(CCNC(=O)COC1CCN(C(=O)OCc2ccccc2)CC1)NCC(NS(=O)(=O)c1ccccc1)C(=O)O. The Balaban J connectivity index is 1.28. The van der Waals surface area contributed by atoms with E-state index in [1.807, 2.05) is 30.3 Å². The Hall–Kier alpha value is -4.01. The summed E-state index contributed by atoms with van der Waals surface area (Å²) in [5.41, 5.74) is 0.901. The van der Waals surface area contributed by atoms with Gasteiger partial charge in [-0.1, -0.05) is 48.5 Å². The molecule has 1 heterocycles. The van der Waals surface area contributed by atoms with Crippen molar-refractivity contribution in [3.05, 3.63) is 66.2 Å². The molecule has 0 spiro atoms. The van der Waals surface area contributed by atoms with Crippen molar-refractivity contribution >= 4 is 33.9 Å². The van der Waals surface area contributed by atoms with Gasteiger partial charge in [-0.15, -0.1) is 0 Å². The molecule has 4 N–H and O–H groups in total. The zero-order valence-corrected chi connectivity index (χ0v) is 23.2. The molecule has 0 bridgehead atoms. The Morgan fingerprint density at radius 3 is 2.20 bits per heavy atom. The molecule has 2 aromatic rings. The van der Waals surface area contributed by atoms with E-state index >= 15 is 0 Å². The number of rotatable bonds is 14. The first-order valence-corrected chi connectivity index (χ1v) is 14.5. The summed E-state index contributed by atoms with van der Waals surface area (Å²) in [7, 11) is -4.10. The summed E-state index contributed by atoms with van der Waals surface area (Å²) in [5.74, 6) is -2.45. The maximum absolute atomic E-state index is 12.4. The van der Waals surface area contributed by atoms with Crippen molar-refractivity contribution in [1.29, 1.82) is 0 Å². The molecule has 3 rings (SSSR count). The molecule has 222 valence electrons. The second kappa shape index (κ2) is 15.7. The average molecular weight is 591 g/mol. The van der Waals surface area contributed by atoms with Crippen molar-refractivity contribution in [2.45, 2.75) is 42.9 Å². The molecule has 1 fully saturated rings. The number of ether oxygens (including phenoxy) is 2. The molecule has 0 aromatic heterocycles. The predicted octanol–water partition coefficient (Wildman–Crippen LogP) is 0.858. The summed E-state index contributed by atoms with van der Waals surface area (Å²) in [5, 5.41) is 14.2. The van der Waals surface area contributed by atoms with Crippen molar-refractivity contribution < 1.29 is 42.2 Å². The number of carboxylic acid groups (broad SMARTS) is 1. The van der Waals surface area contributed by atoms with Crippen LogP contribution in [0.15, 0.2) is 65.6 Å². The third-order valence-corrected chi connectivity index (χ3v) is 7.67. The molecule has 1 atom stereocenters. The zero-order valence-electron chi connectivity index (χ0n) is 22.4. The fraction of sp³-hybridized carbons (Fsp3) is 0.407. The number of hydrogen-bond donors (Lipinski definition) is 4. The molecule has 0 aliphatic carbocycles. The summed E-state index contributed by atoms with van der Waals surface area (Å²) in [6.45, 7) is 0.370. The molecular formula is C27H34N4O9S. The van der Waals surface area contributed by atoms with Gasteiger partial charge in [-0.2, -0.15) is 4.72 Å². The van der Waals surface area contributed by atoms with Crippen LogP contribution in [0.5, 0.6) is 0 Å². The van der Waals surface area contributed by atoms with Crippen LogP contribution >= 0.6 is 0 Å². The number of piperidine rings is 1. The lowest BCUT2D eigenvalue weighted by Gasteiger charge is -2.31. The van der Waals surface area contributed by atoms with Gasteiger partial charge in [0.05, 0.1) is 11.0 Å². The van der Waals surface area contributed by atoms with E-state index in [9.17, 15) is 32.7 Å². The summed E-state index contributed by atoms with van der Waals surface area (Å²) in [6, 6.07) is 15.1. The molecule has 0 radical (unpaired) electrons. The molecule has 0 saturated carbocycles. The molecular weight excluding hydrogens is 556 g/mol. The van der Waals surface area contributed by atoms with E-state index in [-0.39, 0.29) is 37.2 Å². The molecule has 3 amide bonds. The van der Waals surface area contributed by atoms with Gasteiger partial charge < -0.3 is 30.1 Å². The van der Waals surface area contributed by atoms with Gasteiger partial charge in [-0.3, -0.25) is 14.4 Å². The largest absolute Gasteiger partial charge is 0.480 e. The maximum Gasteiger partial charge on any atom is 0.410 e. The van der Waals surface area contributed by atoms with Gasteiger partial charge in [0, 0.05) is 32.6 Å². The van der Waals surface area contributed by atoms with E-state index in [0.29, 0.717) is 25.9 Å². The fourth-order valence-corrected chi connectivity index (χ4v) is 5.12. The normalized spacial score (nSPS) is 14.6. The first kappa shape index (κ1) is 31.5. The molecule has 14 heteroatoms. The fourth-order valence-electron chi connectivity index (χ4n) is 3.91. The Morgan fingerprint density at radius 1 is 0.927 bits per heavy atom. The Bertz CT molecular complexity index is 1270. The van der Waals surface area contributed by atoms with Crippen molar-refractivity contribution in [3.8, 4) is 0 Å². The lowest BCUT2D eigenvalue weighted by atomic mass is 10.1. The van der Waals surface area contributed by atoms with Crippen molar-refractivity contribution in [2.75, 3.05) is 32.8 Å². The quantitative estimate of drug-likeness (QED) is 0.248. The van der Waals surface area contributed by atoms with Gasteiger partial charge >= 0.3 is 12.1 Å². The number of likely N-dealkylation sites (tertiary alicyclic amines) is 1. The van der Waals surface area contributed by atoms with Crippen LogP contribution in [-0.4, -0.2) is 87.2 Å². The number of carboxylic acids is 1. The van der Waals surface area contributed by atoms with E-state index in [4.69, 9.17) is 9.47 Å². The monoisotopic (exact) mass is 590 g/mol. The first-order valence-electron chi connectivity index (χ1n) is 13.0. The number of aliphatic carboxylic acids is 1. The number of hydrogen-bond acceptors (Lipinski definition) is 8. The standard InChI is InChI=1S/C27H34N4O9S/c32-24(29-17-23(26(34)35)30-41(37,38)22-9-5-2-6-10-22)11-14-28-25(33)19-39-21-12-15-31(16-13-21)27(36)40-18-20-7-3-1-4-8-20/h1-10,21,23,30H,11-19H2,(H,28,33)(H,29,32)(H,34,35). The summed E-state index contributed by atoms with van der Waals surface area (Å²) < 4.78 is 37.7. The van der Waals surface area contributed by atoms with Crippen LogP contribution in [0, 0.1) is 0 Å². The number of sulfonamides is 1. The predicted molar refractivity (Wildman–Crippen MR) is 146 cm³/mol. The minimum absolute atomic E-state index is 0.0206. The third kappa shape index (κ3) is 10.8. The number of amides is 3. The van der Waals surface area contributed by atoms with Crippen LogP contribution in [0.25, 0.3) is 0 Å². The molecule has 41 heavy (non-hydrogen) atoms. The van der Waals surface area contributed by atoms with Crippen LogP contribution in [0.4, 0.5) is 4.79 Å². The van der Waals surface area contributed by atoms with Gasteiger partial charge in [0.1, 0.15) is 19.3 Å². The number of nitrogens with zero attached hydrogens (tertiary/aromatic N) is 1. The lowest BCUT2D eigenvalue weighted by molar-refractivity contribution is -0.139. The molecule has 1 aliphatic rings. The van der Waals surface area contributed by atoms with Gasteiger partial charge in [0.15, 0.2) is 0 Å². The van der Waals surface area contributed by atoms with Crippen LogP contribution in [0.2, 0.25) is 0 Å². The van der Waals surface area contributed by atoms with E-state index in [1.54, 1.807) is 11.0 Å². The van der Waals surface area contributed by atoms with Crippen molar-refractivity contribution in [1.82, 2.24) is 20.3 Å². The highest BCUT2D eigenvalue weighted by Gasteiger charge is 2.26. The summed E-state index contributed by atoms with van der Waals surface area (Å²) in [4.78, 5) is 49.4. The van der Waals surface area contributed by atoms with Crippen molar-refractivity contribution in [3.63, 3.8) is 0 Å². The Morgan fingerprint density at radius 2 is 1.56 bits per heavy atom. The number of benzene rings is 2. The van der Waals surface area contributed by atoms with Gasteiger partial charge in [0.25, 0.3) is 0 Å². The van der Waals surface area contributed by atoms with Gasteiger partial charge in [-0.25, -0.2) is 13.2 Å². The van der Waals surface area contributed by atoms with Crippen LogP contribution in [-0.2, 0) is 40.5 Å². The number of carbonyl (C=O) groups excluding carboxylic acids is 3. The van der Waals surface area contributed by atoms with E-state index < -0.39 is 46.5 Å². The second-order valence-corrected chi connectivity index (χ2v) is 11.0. The van der Waals surface area contributed by atoms with Crippen LogP contribution in [0.1, 0.15) is 24.8 Å². The summed E-state index contributed by atoms with van der Waals surface area (Å²) >= 11 is 0.